The van der Waals surface area contributed by atoms with Gasteiger partial charge in [0.05, 0.1) is 37.7 Å². The van der Waals surface area contributed by atoms with Gasteiger partial charge in [0.2, 0.25) is 0 Å². The first-order valence-electron chi connectivity index (χ1n) is 7.52. The molecular weight excluding hydrogens is 270 g/mol. The van der Waals surface area contributed by atoms with Crippen LogP contribution in [0.4, 0.5) is 0 Å². The summed E-state index contributed by atoms with van der Waals surface area (Å²) in [6.07, 6.45) is 1.20. The molecular formula is C16H24NO2S+. The molecule has 1 aromatic carbocycles. The van der Waals surface area contributed by atoms with Crippen LogP contribution in [0.2, 0.25) is 0 Å². The normalized spacial score (nSPS) is 27.8. The summed E-state index contributed by atoms with van der Waals surface area (Å²) in [4.78, 5) is 0. The molecule has 2 aliphatic rings. The van der Waals surface area contributed by atoms with Gasteiger partial charge in [0.15, 0.2) is 9.84 Å². The highest BCUT2D eigenvalue weighted by Crippen LogP contribution is 2.35. The van der Waals surface area contributed by atoms with Crippen molar-refractivity contribution in [2.24, 2.45) is 0 Å². The summed E-state index contributed by atoms with van der Waals surface area (Å²) >= 11 is 0. The second kappa shape index (κ2) is 4.85. The number of quaternary nitrogens is 1. The Morgan fingerprint density at radius 3 is 2.45 bits per heavy atom. The number of benzene rings is 1. The van der Waals surface area contributed by atoms with Crippen LogP contribution in [-0.2, 0) is 9.84 Å². The molecule has 0 aromatic heterocycles. The number of nitrogens with zero attached hydrogens (tertiary/aromatic N) is 1. The van der Waals surface area contributed by atoms with Gasteiger partial charge in [0, 0.05) is 12.3 Å². The maximum Gasteiger partial charge on any atom is 0.161 e. The lowest BCUT2D eigenvalue weighted by Gasteiger charge is -2.37. The average Bonchev–Trinajstić information content (AvgIpc) is 2.78. The first-order valence-corrected chi connectivity index (χ1v) is 9.34. The quantitative estimate of drug-likeness (QED) is 0.743. The van der Waals surface area contributed by atoms with E-state index < -0.39 is 9.84 Å². The molecule has 1 unspecified atom stereocenters. The molecule has 3 rings (SSSR count). The van der Waals surface area contributed by atoms with Gasteiger partial charge in [-0.2, -0.15) is 0 Å². The number of sulfone groups is 1. The highest BCUT2D eigenvalue weighted by atomic mass is 32.2. The predicted molar refractivity (Wildman–Crippen MR) is 81.7 cm³/mol. The van der Waals surface area contributed by atoms with E-state index in [-0.39, 0.29) is 0 Å². The fraction of sp³-hybridized carbons (Fsp3) is 0.625. The molecule has 1 spiro atoms. The van der Waals surface area contributed by atoms with Crippen molar-refractivity contribution in [3.63, 3.8) is 0 Å². The summed E-state index contributed by atoms with van der Waals surface area (Å²) in [5.41, 5.74) is 4.18. The number of rotatable bonds is 1. The smallest absolute Gasteiger partial charge is 0.161 e. The number of hydrogen-bond acceptors (Lipinski definition) is 2. The second-order valence-corrected chi connectivity index (χ2v) is 9.00. The van der Waals surface area contributed by atoms with E-state index in [0.717, 1.165) is 30.7 Å². The van der Waals surface area contributed by atoms with Gasteiger partial charge in [-0.15, -0.1) is 0 Å². The molecule has 0 amide bonds. The van der Waals surface area contributed by atoms with Crippen LogP contribution in [0.5, 0.6) is 0 Å². The Bertz CT molecular complexity index is 607. The lowest BCUT2D eigenvalue weighted by molar-refractivity contribution is -0.914. The standard InChI is InChI=1S/C16H24NO2S/c1-13-3-4-16(14(2)11-13)15-5-6-17(12-15)7-9-20(18,19)10-8-17/h3-4,11,15H,5-10,12H2,1-2H3/q+1. The van der Waals surface area contributed by atoms with Gasteiger partial charge in [-0.25, -0.2) is 8.42 Å². The predicted octanol–water partition coefficient (Wildman–Crippen LogP) is 2.04. The molecule has 1 aromatic rings. The van der Waals surface area contributed by atoms with Crippen LogP contribution < -0.4 is 0 Å². The Morgan fingerprint density at radius 1 is 1.10 bits per heavy atom. The Balaban J connectivity index is 1.77. The first-order chi connectivity index (χ1) is 9.39. The summed E-state index contributed by atoms with van der Waals surface area (Å²) in [5, 5.41) is 0. The van der Waals surface area contributed by atoms with E-state index in [0.29, 0.717) is 17.4 Å². The minimum atomic E-state index is -2.76. The molecule has 2 fully saturated rings. The second-order valence-electron chi connectivity index (χ2n) is 6.69. The molecule has 0 saturated carbocycles. The molecule has 0 N–H and O–H groups in total. The van der Waals surface area contributed by atoms with Crippen molar-refractivity contribution in [2.75, 3.05) is 37.7 Å². The average molecular weight is 294 g/mol. The largest absolute Gasteiger partial charge is 0.321 e. The van der Waals surface area contributed by atoms with Crippen LogP contribution in [0.1, 0.15) is 29.0 Å². The van der Waals surface area contributed by atoms with Gasteiger partial charge in [-0.3, -0.25) is 0 Å². The summed E-state index contributed by atoms with van der Waals surface area (Å²) in [5.74, 6) is 1.37. The van der Waals surface area contributed by atoms with Crippen molar-refractivity contribution in [3.8, 4) is 0 Å². The third kappa shape index (κ3) is 2.63. The van der Waals surface area contributed by atoms with Crippen molar-refractivity contribution in [1.82, 2.24) is 0 Å². The van der Waals surface area contributed by atoms with E-state index >= 15 is 0 Å². The van der Waals surface area contributed by atoms with Crippen molar-refractivity contribution >= 4 is 9.84 Å². The molecule has 4 heteroatoms. The zero-order valence-corrected chi connectivity index (χ0v) is 13.2. The van der Waals surface area contributed by atoms with E-state index in [1.807, 2.05) is 0 Å². The van der Waals surface area contributed by atoms with Crippen LogP contribution in [-0.4, -0.2) is 50.6 Å². The molecule has 20 heavy (non-hydrogen) atoms. The molecule has 1 atom stereocenters. The lowest BCUT2D eigenvalue weighted by Crippen LogP contribution is -2.55. The molecule has 0 radical (unpaired) electrons. The van der Waals surface area contributed by atoms with Crippen molar-refractivity contribution in [3.05, 3.63) is 34.9 Å². The lowest BCUT2D eigenvalue weighted by atomic mass is 9.93. The minimum Gasteiger partial charge on any atom is -0.321 e. The summed E-state index contributed by atoms with van der Waals surface area (Å²) in [6, 6.07) is 6.74. The molecule has 0 bridgehead atoms. The Labute approximate surface area is 122 Å². The third-order valence-corrected chi connectivity index (χ3v) is 6.79. The minimum absolute atomic E-state index is 0.382. The van der Waals surface area contributed by atoms with Crippen molar-refractivity contribution in [2.45, 2.75) is 26.2 Å². The number of hydrogen-bond donors (Lipinski definition) is 0. The van der Waals surface area contributed by atoms with Gasteiger partial charge >= 0.3 is 0 Å². The maximum absolute atomic E-state index is 11.6. The highest BCUT2D eigenvalue weighted by molar-refractivity contribution is 7.91. The third-order valence-electron chi connectivity index (χ3n) is 5.18. The summed E-state index contributed by atoms with van der Waals surface area (Å²) < 4.78 is 24.3. The highest BCUT2D eigenvalue weighted by Gasteiger charge is 2.43. The van der Waals surface area contributed by atoms with Crippen LogP contribution in [0.15, 0.2) is 18.2 Å². The van der Waals surface area contributed by atoms with Crippen molar-refractivity contribution in [1.29, 1.82) is 0 Å². The summed E-state index contributed by atoms with van der Waals surface area (Å²) in [7, 11) is -2.76. The Hall–Kier alpha value is -0.870. The SMILES string of the molecule is Cc1ccc(C2CC[N+]3(CCS(=O)(=O)CC3)C2)c(C)c1. The van der Waals surface area contributed by atoms with Gasteiger partial charge in [-0.05, 0) is 25.0 Å². The Morgan fingerprint density at radius 2 is 1.80 bits per heavy atom. The first kappa shape index (κ1) is 14.1. The van der Waals surface area contributed by atoms with Crippen LogP contribution >= 0.6 is 0 Å². The van der Waals surface area contributed by atoms with E-state index in [1.54, 1.807) is 0 Å². The van der Waals surface area contributed by atoms with Crippen molar-refractivity contribution < 1.29 is 12.9 Å². The Kier molecular flexibility index (Phi) is 3.41. The summed E-state index contributed by atoms with van der Waals surface area (Å²) in [6.45, 7) is 8.25. The van der Waals surface area contributed by atoms with Gasteiger partial charge in [0.25, 0.3) is 0 Å². The van der Waals surface area contributed by atoms with Gasteiger partial charge in [-0.1, -0.05) is 23.8 Å². The van der Waals surface area contributed by atoms with E-state index in [4.69, 9.17) is 0 Å². The topological polar surface area (TPSA) is 34.1 Å². The molecule has 2 aliphatic heterocycles. The van der Waals surface area contributed by atoms with E-state index in [1.165, 1.54) is 23.1 Å². The molecule has 3 nitrogen and oxygen atoms in total. The maximum atomic E-state index is 11.6. The molecule has 2 saturated heterocycles. The monoisotopic (exact) mass is 294 g/mol. The fourth-order valence-electron chi connectivity index (χ4n) is 3.90. The molecule has 2 heterocycles. The molecule has 110 valence electrons. The number of aryl methyl sites for hydroxylation is 2. The van der Waals surface area contributed by atoms with E-state index in [9.17, 15) is 8.42 Å². The van der Waals surface area contributed by atoms with Crippen LogP contribution in [0, 0.1) is 13.8 Å². The van der Waals surface area contributed by atoms with Crippen LogP contribution in [0.25, 0.3) is 0 Å². The van der Waals surface area contributed by atoms with Crippen LogP contribution in [0.3, 0.4) is 0 Å². The van der Waals surface area contributed by atoms with E-state index in [2.05, 4.69) is 32.0 Å². The zero-order valence-electron chi connectivity index (χ0n) is 12.4. The van der Waals surface area contributed by atoms with Gasteiger partial charge in [0.1, 0.15) is 0 Å². The van der Waals surface area contributed by atoms with Gasteiger partial charge < -0.3 is 4.48 Å². The fourth-order valence-corrected chi connectivity index (χ4v) is 5.44. The zero-order chi connectivity index (χ0) is 14.4. The molecule has 0 aliphatic carbocycles.